The van der Waals surface area contributed by atoms with Crippen molar-refractivity contribution in [1.29, 1.82) is 0 Å². The van der Waals surface area contributed by atoms with E-state index < -0.39 is 11.7 Å². The van der Waals surface area contributed by atoms with E-state index in [1.165, 1.54) is 17.9 Å². The topological polar surface area (TPSA) is 20.3 Å². The summed E-state index contributed by atoms with van der Waals surface area (Å²) in [5, 5.41) is 0. The van der Waals surface area contributed by atoms with Crippen LogP contribution in [0, 0.1) is 6.92 Å². The van der Waals surface area contributed by atoms with Crippen LogP contribution in [0.15, 0.2) is 18.2 Å². The molecule has 2 rings (SSSR count). The van der Waals surface area contributed by atoms with Crippen molar-refractivity contribution in [1.82, 2.24) is 0 Å². The molecule has 0 aromatic heterocycles. The highest BCUT2D eigenvalue weighted by Gasteiger charge is 2.33. The quantitative estimate of drug-likeness (QED) is 0.742. The fraction of sp³-hybridized carbons (Fsp3) is 0.417. The number of alkyl halides is 3. The molecule has 0 spiro atoms. The number of halogens is 3. The fourth-order valence-electron chi connectivity index (χ4n) is 2.00. The largest absolute Gasteiger partial charge is 0.416 e. The Morgan fingerprint density at radius 2 is 2.00 bits per heavy atom. The maximum Gasteiger partial charge on any atom is 0.416 e. The van der Waals surface area contributed by atoms with Gasteiger partial charge in [-0.3, -0.25) is 4.79 Å². The van der Waals surface area contributed by atoms with Crippen molar-refractivity contribution in [3.05, 3.63) is 29.3 Å². The van der Waals surface area contributed by atoms with E-state index in [1.807, 2.05) is 0 Å². The maximum atomic E-state index is 12.7. The second kappa shape index (κ2) is 4.05. The second-order valence-electron chi connectivity index (χ2n) is 4.15. The molecule has 1 fully saturated rings. The third-order valence-electron chi connectivity index (χ3n) is 2.91. The summed E-state index contributed by atoms with van der Waals surface area (Å²) in [4.78, 5) is 12.9. The average molecular weight is 243 g/mol. The third kappa shape index (κ3) is 2.28. The molecule has 1 aliphatic heterocycles. The summed E-state index contributed by atoms with van der Waals surface area (Å²) in [6.07, 6.45) is -3.26. The SMILES string of the molecule is Cc1ccc(N2CCCC2=O)cc1C(F)(F)F. The van der Waals surface area contributed by atoms with Gasteiger partial charge in [0.2, 0.25) is 5.91 Å². The molecule has 1 saturated heterocycles. The Labute approximate surface area is 97.0 Å². The summed E-state index contributed by atoms with van der Waals surface area (Å²) >= 11 is 0. The molecule has 2 nitrogen and oxygen atoms in total. The van der Waals surface area contributed by atoms with Gasteiger partial charge in [-0.05, 0) is 31.0 Å². The van der Waals surface area contributed by atoms with E-state index in [2.05, 4.69) is 0 Å². The third-order valence-corrected chi connectivity index (χ3v) is 2.91. The van der Waals surface area contributed by atoms with Gasteiger partial charge in [0.15, 0.2) is 0 Å². The van der Waals surface area contributed by atoms with Gasteiger partial charge in [0.1, 0.15) is 0 Å². The molecule has 0 aliphatic carbocycles. The van der Waals surface area contributed by atoms with Gasteiger partial charge >= 0.3 is 6.18 Å². The smallest absolute Gasteiger partial charge is 0.312 e. The van der Waals surface area contributed by atoms with Crippen LogP contribution in [0.2, 0.25) is 0 Å². The number of carbonyl (C=O) groups excluding carboxylic acids is 1. The molecule has 0 N–H and O–H groups in total. The van der Waals surface area contributed by atoms with Gasteiger partial charge in [0.05, 0.1) is 5.56 Å². The van der Waals surface area contributed by atoms with Gasteiger partial charge in [-0.15, -0.1) is 0 Å². The summed E-state index contributed by atoms with van der Waals surface area (Å²) in [6.45, 7) is 1.91. The lowest BCUT2D eigenvalue weighted by Crippen LogP contribution is -2.24. The zero-order valence-electron chi connectivity index (χ0n) is 9.34. The minimum atomic E-state index is -4.37. The number of benzene rings is 1. The number of anilines is 1. The number of carbonyl (C=O) groups is 1. The van der Waals surface area contributed by atoms with Crippen molar-refractivity contribution < 1.29 is 18.0 Å². The first-order valence-corrected chi connectivity index (χ1v) is 5.38. The molecule has 0 radical (unpaired) electrons. The summed E-state index contributed by atoms with van der Waals surface area (Å²) in [5.41, 5.74) is -0.159. The molecule has 0 saturated carbocycles. The van der Waals surface area contributed by atoms with E-state index in [1.54, 1.807) is 6.07 Å². The van der Waals surface area contributed by atoms with Gasteiger partial charge in [-0.25, -0.2) is 0 Å². The van der Waals surface area contributed by atoms with Crippen molar-refractivity contribution in [2.45, 2.75) is 25.9 Å². The molecule has 0 atom stereocenters. The molecule has 1 aliphatic rings. The molecule has 0 bridgehead atoms. The Bertz CT molecular complexity index is 454. The number of nitrogens with zero attached hydrogens (tertiary/aromatic N) is 1. The van der Waals surface area contributed by atoms with E-state index >= 15 is 0 Å². The van der Waals surface area contributed by atoms with Crippen LogP contribution in [-0.2, 0) is 11.0 Å². The highest BCUT2D eigenvalue weighted by Crippen LogP contribution is 2.35. The zero-order valence-corrected chi connectivity index (χ0v) is 9.34. The number of aryl methyl sites for hydroxylation is 1. The Hall–Kier alpha value is -1.52. The van der Waals surface area contributed by atoms with Gasteiger partial charge < -0.3 is 4.90 Å². The Morgan fingerprint density at radius 1 is 1.29 bits per heavy atom. The minimum absolute atomic E-state index is 0.109. The number of hydrogen-bond donors (Lipinski definition) is 0. The standard InChI is InChI=1S/C12H12F3NO/c1-8-4-5-9(7-10(8)12(13,14)15)16-6-2-3-11(16)17/h4-5,7H,2-3,6H2,1H3. The Morgan fingerprint density at radius 3 is 2.53 bits per heavy atom. The lowest BCUT2D eigenvalue weighted by molar-refractivity contribution is -0.138. The molecule has 0 unspecified atom stereocenters. The average Bonchev–Trinajstić information content (AvgIpc) is 2.63. The molecule has 5 heteroatoms. The first-order valence-electron chi connectivity index (χ1n) is 5.38. The summed E-state index contributed by atoms with van der Waals surface area (Å²) in [5.74, 6) is -0.109. The lowest BCUT2D eigenvalue weighted by atomic mass is 10.1. The predicted molar refractivity (Wildman–Crippen MR) is 57.8 cm³/mol. The highest BCUT2D eigenvalue weighted by molar-refractivity contribution is 5.95. The Balaban J connectivity index is 2.41. The van der Waals surface area contributed by atoms with Crippen LogP contribution in [-0.4, -0.2) is 12.5 Å². The van der Waals surface area contributed by atoms with Crippen molar-refractivity contribution in [3.63, 3.8) is 0 Å². The van der Waals surface area contributed by atoms with Gasteiger partial charge in [-0.1, -0.05) is 6.07 Å². The fourth-order valence-corrected chi connectivity index (χ4v) is 2.00. The van der Waals surface area contributed by atoms with Crippen molar-refractivity contribution in [2.75, 3.05) is 11.4 Å². The van der Waals surface area contributed by atoms with Crippen LogP contribution in [0.3, 0.4) is 0 Å². The van der Waals surface area contributed by atoms with Crippen molar-refractivity contribution >= 4 is 11.6 Å². The van der Waals surface area contributed by atoms with Crippen LogP contribution in [0.4, 0.5) is 18.9 Å². The summed E-state index contributed by atoms with van der Waals surface area (Å²) < 4.78 is 38.1. The molecule has 1 heterocycles. The summed E-state index contributed by atoms with van der Waals surface area (Å²) in [7, 11) is 0. The normalized spacial score (nSPS) is 16.7. The number of amides is 1. The van der Waals surface area contributed by atoms with E-state index in [0.717, 1.165) is 6.07 Å². The minimum Gasteiger partial charge on any atom is -0.312 e. The maximum absolute atomic E-state index is 12.7. The van der Waals surface area contributed by atoms with Gasteiger partial charge in [-0.2, -0.15) is 13.2 Å². The molecular weight excluding hydrogens is 231 g/mol. The van der Waals surface area contributed by atoms with Crippen LogP contribution in [0.5, 0.6) is 0 Å². The zero-order chi connectivity index (χ0) is 12.6. The molecule has 1 amide bonds. The first kappa shape index (κ1) is 12.0. The van der Waals surface area contributed by atoms with Crippen LogP contribution >= 0.6 is 0 Å². The van der Waals surface area contributed by atoms with E-state index in [0.29, 0.717) is 25.1 Å². The first-order chi connectivity index (χ1) is 7.89. The van der Waals surface area contributed by atoms with Gasteiger partial charge in [0, 0.05) is 18.7 Å². The van der Waals surface area contributed by atoms with E-state index in [-0.39, 0.29) is 11.5 Å². The molecule has 17 heavy (non-hydrogen) atoms. The lowest BCUT2D eigenvalue weighted by Gasteiger charge is -2.18. The van der Waals surface area contributed by atoms with E-state index in [9.17, 15) is 18.0 Å². The Kier molecular flexibility index (Phi) is 2.85. The van der Waals surface area contributed by atoms with Gasteiger partial charge in [0.25, 0.3) is 0 Å². The van der Waals surface area contributed by atoms with Crippen LogP contribution in [0.25, 0.3) is 0 Å². The van der Waals surface area contributed by atoms with Crippen molar-refractivity contribution in [3.8, 4) is 0 Å². The molecule has 1 aromatic rings. The van der Waals surface area contributed by atoms with Crippen LogP contribution in [0.1, 0.15) is 24.0 Å². The predicted octanol–water partition coefficient (Wildman–Crippen LogP) is 3.14. The molecule has 1 aromatic carbocycles. The number of hydrogen-bond acceptors (Lipinski definition) is 1. The second-order valence-corrected chi connectivity index (χ2v) is 4.15. The molecule has 92 valence electrons. The number of rotatable bonds is 1. The van der Waals surface area contributed by atoms with Crippen LogP contribution < -0.4 is 4.90 Å². The van der Waals surface area contributed by atoms with E-state index in [4.69, 9.17) is 0 Å². The summed E-state index contributed by atoms with van der Waals surface area (Å²) in [6, 6.07) is 4.02. The molecular formula is C12H12F3NO. The monoisotopic (exact) mass is 243 g/mol. The van der Waals surface area contributed by atoms with Crippen molar-refractivity contribution in [2.24, 2.45) is 0 Å². The highest BCUT2D eigenvalue weighted by atomic mass is 19.4.